The van der Waals surface area contributed by atoms with Gasteiger partial charge in [0.15, 0.2) is 0 Å². The predicted molar refractivity (Wildman–Crippen MR) is 77.5 cm³/mol. The van der Waals surface area contributed by atoms with E-state index in [1.165, 1.54) is 6.20 Å². The van der Waals surface area contributed by atoms with Crippen molar-refractivity contribution in [2.75, 3.05) is 11.1 Å². The second-order valence-electron chi connectivity index (χ2n) is 4.35. The molecular weight excluding hydrogens is 262 g/mol. The highest BCUT2D eigenvalue weighted by molar-refractivity contribution is 6.30. The zero-order valence-electron chi connectivity index (χ0n) is 10.7. The molecule has 3 N–H and O–H groups in total. The van der Waals surface area contributed by atoms with Gasteiger partial charge in [0.2, 0.25) is 0 Å². The molecule has 1 aromatic heterocycles. The zero-order valence-corrected chi connectivity index (χ0v) is 11.5. The number of carbonyl (C=O) groups is 1. The molecule has 0 aliphatic heterocycles. The van der Waals surface area contributed by atoms with Crippen molar-refractivity contribution in [3.05, 3.63) is 52.3 Å². The summed E-state index contributed by atoms with van der Waals surface area (Å²) in [6.07, 6.45) is 1.44. The normalized spacial score (nSPS) is 10.3. The number of benzene rings is 1. The van der Waals surface area contributed by atoms with E-state index in [0.717, 1.165) is 16.8 Å². The van der Waals surface area contributed by atoms with Gasteiger partial charge in [0, 0.05) is 17.6 Å². The molecule has 0 bridgehead atoms. The van der Waals surface area contributed by atoms with Crippen LogP contribution < -0.4 is 11.1 Å². The lowest BCUT2D eigenvalue weighted by atomic mass is 10.1. The van der Waals surface area contributed by atoms with Crippen LogP contribution in [0, 0.1) is 13.8 Å². The summed E-state index contributed by atoms with van der Waals surface area (Å²) in [7, 11) is 0. The first-order valence-electron chi connectivity index (χ1n) is 5.77. The van der Waals surface area contributed by atoms with Crippen molar-refractivity contribution in [3.63, 3.8) is 0 Å². The standard InChI is InChI=1S/C14H14ClN3O/c1-8-5-11(16)6-9(2)13(8)18-14(19)12-4-3-10(15)7-17-12/h3-7H,16H2,1-2H3,(H,18,19). The number of halogens is 1. The summed E-state index contributed by atoms with van der Waals surface area (Å²) >= 11 is 5.74. The molecular formula is C14H14ClN3O. The summed E-state index contributed by atoms with van der Waals surface area (Å²) in [5.41, 5.74) is 9.34. The monoisotopic (exact) mass is 275 g/mol. The van der Waals surface area contributed by atoms with Gasteiger partial charge < -0.3 is 11.1 Å². The van der Waals surface area contributed by atoms with Crippen LogP contribution in [0.3, 0.4) is 0 Å². The number of hydrogen-bond acceptors (Lipinski definition) is 3. The summed E-state index contributed by atoms with van der Waals surface area (Å²) in [6.45, 7) is 3.79. The van der Waals surface area contributed by atoms with Crippen LogP contribution in [0.4, 0.5) is 11.4 Å². The van der Waals surface area contributed by atoms with E-state index in [0.29, 0.717) is 16.4 Å². The van der Waals surface area contributed by atoms with E-state index in [1.54, 1.807) is 12.1 Å². The van der Waals surface area contributed by atoms with Crippen LogP contribution in [-0.2, 0) is 0 Å². The zero-order chi connectivity index (χ0) is 14.0. The van der Waals surface area contributed by atoms with Gasteiger partial charge in [0.1, 0.15) is 5.69 Å². The number of hydrogen-bond donors (Lipinski definition) is 2. The SMILES string of the molecule is Cc1cc(N)cc(C)c1NC(=O)c1ccc(Cl)cn1. The van der Waals surface area contributed by atoms with Gasteiger partial charge in [-0.3, -0.25) is 4.79 Å². The molecule has 1 aromatic carbocycles. The van der Waals surface area contributed by atoms with Crippen molar-refractivity contribution in [3.8, 4) is 0 Å². The number of nitrogens with one attached hydrogen (secondary N) is 1. The van der Waals surface area contributed by atoms with Crippen LogP contribution in [0.1, 0.15) is 21.6 Å². The third kappa shape index (κ3) is 3.03. The maximum Gasteiger partial charge on any atom is 0.274 e. The number of aromatic nitrogens is 1. The van der Waals surface area contributed by atoms with Crippen LogP contribution >= 0.6 is 11.6 Å². The molecule has 0 aliphatic rings. The minimum atomic E-state index is -0.271. The molecule has 0 spiro atoms. The van der Waals surface area contributed by atoms with Crippen molar-refractivity contribution < 1.29 is 4.79 Å². The molecule has 0 fully saturated rings. The van der Waals surface area contributed by atoms with Crippen molar-refractivity contribution in [1.82, 2.24) is 4.98 Å². The Hall–Kier alpha value is -2.07. The number of nitrogens with two attached hydrogens (primary N) is 1. The molecule has 2 rings (SSSR count). The number of anilines is 2. The molecule has 98 valence electrons. The molecule has 0 atom stereocenters. The van der Waals surface area contributed by atoms with Gasteiger partial charge in [-0.25, -0.2) is 4.98 Å². The van der Waals surface area contributed by atoms with E-state index in [1.807, 2.05) is 26.0 Å². The molecule has 0 aliphatic carbocycles. The fourth-order valence-corrected chi connectivity index (χ4v) is 1.99. The van der Waals surface area contributed by atoms with Crippen LogP contribution in [0.5, 0.6) is 0 Å². The van der Waals surface area contributed by atoms with Gasteiger partial charge in [-0.1, -0.05) is 11.6 Å². The summed E-state index contributed by atoms with van der Waals surface area (Å²) in [5.74, 6) is -0.271. The Morgan fingerprint density at radius 2 is 1.89 bits per heavy atom. The maximum absolute atomic E-state index is 12.1. The molecule has 0 saturated carbocycles. The summed E-state index contributed by atoms with van der Waals surface area (Å²) < 4.78 is 0. The molecule has 0 saturated heterocycles. The van der Waals surface area contributed by atoms with E-state index >= 15 is 0 Å². The molecule has 1 heterocycles. The highest BCUT2D eigenvalue weighted by Gasteiger charge is 2.11. The molecule has 5 heteroatoms. The van der Waals surface area contributed by atoms with Gasteiger partial charge in [-0.15, -0.1) is 0 Å². The summed E-state index contributed by atoms with van der Waals surface area (Å²) in [6, 6.07) is 6.85. The molecule has 19 heavy (non-hydrogen) atoms. The molecule has 0 unspecified atom stereocenters. The molecule has 4 nitrogen and oxygen atoms in total. The maximum atomic E-state index is 12.1. The summed E-state index contributed by atoms with van der Waals surface area (Å²) in [4.78, 5) is 16.0. The first-order valence-corrected chi connectivity index (χ1v) is 6.15. The Bertz CT molecular complexity index is 600. The lowest BCUT2D eigenvalue weighted by molar-refractivity contribution is 0.102. The van der Waals surface area contributed by atoms with E-state index in [-0.39, 0.29) is 5.91 Å². The smallest absolute Gasteiger partial charge is 0.274 e. The van der Waals surface area contributed by atoms with Gasteiger partial charge in [0.05, 0.1) is 5.02 Å². The van der Waals surface area contributed by atoms with Crippen molar-refractivity contribution >= 4 is 28.9 Å². The Kier molecular flexibility index (Phi) is 3.71. The fourth-order valence-electron chi connectivity index (χ4n) is 1.88. The topological polar surface area (TPSA) is 68.0 Å². The van der Waals surface area contributed by atoms with Crippen LogP contribution in [0.25, 0.3) is 0 Å². The summed E-state index contributed by atoms with van der Waals surface area (Å²) in [5, 5.41) is 3.34. The third-order valence-electron chi connectivity index (χ3n) is 2.75. The number of aryl methyl sites for hydroxylation is 2. The van der Waals surface area contributed by atoms with E-state index in [4.69, 9.17) is 17.3 Å². The average Bonchev–Trinajstić information content (AvgIpc) is 2.34. The Morgan fingerprint density at radius 3 is 2.42 bits per heavy atom. The number of pyridine rings is 1. The minimum Gasteiger partial charge on any atom is -0.399 e. The highest BCUT2D eigenvalue weighted by atomic mass is 35.5. The number of nitrogens with zero attached hydrogens (tertiary/aromatic N) is 1. The number of carbonyl (C=O) groups excluding carboxylic acids is 1. The largest absolute Gasteiger partial charge is 0.399 e. The van der Waals surface area contributed by atoms with Crippen LogP contribution in [0.15, 0.2) is 30.5 Å². The quantitative estimate of drug-likeness (QED) is 0.827. The Labute approximate surface area is 116 Å². The van der Waals surface area contributed by atoms with Gasteiger partial charge in [0.25, 0.3) is 5.91 Å². The Balaban J connectivity index is 2.26. The molecule has 2 aromatic rings. The van der Waals surface area contributed by atoms with Gasteiger partial charge >= 0.3 is 0 Å². The van der Waals surface area contributed by atoms with E-state index in [2.05, 4.69) is 10.3 Å². The van der Waals surface area contributed by atoms with Crippen molar-refractivity contribution in [2.45, 2.75) is 13.8 Å². The minimum absolute atomic E-state index is 0.271. The first kappa shape index (κ1) is 13.4. The second-order valence-corrected chi connectivity index (χ2v) is 4.78. The lowest BCUT2D eigenvalue weighted by Crippen LogP contribution is -2.15. The first-order chi connectivity index (χ1) is 8.97. The lowest BCUT2D eigenvalue weighted by Gasteiger charge is -2.12. The Morgan fingerprint density at radius 1 is 1.26 bits per heavy atom. The van der Waals surface area contributed by atoms with E-state index < -0.39 is 0 Å². The van der Waals surface area contributed by atoms with Gasteiger partial charge in [-0.05, 0) is 49.2 Å². The van der Waals surface area contributed by atoms with Crippen LogP contribution in [0.2, 0.25) is 5.02 Å². The number of amides is 1. The highest BCUT2D eigenvalue weighted by Crippen LogP contribution is 2.23. The number of nitrogen functional groups attached to an aromatic ring is 1. The van der Waals surface area contributed by atoms with Crippen LogP contribution in [-0.4, -0.2) is 10.9 Å². The van der Waals surface area contributed by atoms with Crippen molar-refractivity contribution in [2.24, 2.45) is 0 Å². The predicted octanol–water partition coefficient (Wildman–Crippen LogP) is 3.19. The molecule has 1 amide bonds. The average molecular weight is 276 g/mol. The van der Waals surface area contributed by atoms with Crippen molar-refractivity contribution in [1.29, 1.82) is 0 Å². The number of rotatable bonds is 2. The van der Waals surface area contributed by atoms with E-state index in [9.17, 15) is 4.79 Å². The van der Waals surface area contributed by atoms with Gasteiger partial charge in [-0.2, -0.15) is 0 Å². The second kappa shape index (κ2) is 5.28. The fraction of sp³-hybridized carbons (Fsp3) is 0.143. The third-order valence-corrected chi connectivity index (χ3v) is 2.98. The molecule has 0 radical (unpaired) electrons.